The van der Waals surface area contributed by atoms with Crippen molar-refractivity contribution in [1.82, 2.24) is 0 Å². The zero-order valence-corrected chi connectivity index (χ0v) is 10.4. The lowest BCUT2D eigenvalue weighted by molar-refractivity contribution is 0.00466. The van der Waals surface area contributed by atoms with Gasteiger partial charge in [-0.2, -0.15) is 5.26 Å². The first-order valence-corrected chi connectivity index (χ1v) is 6.38. The molecule has 0 radical (unpaired) electrons. The van der Waals surface area contributed by atoms with Gasteiger partial charge in [-0.1, -0.05) is 31.9 Å². The number of rotatable bonds is 3. The molecule has 1 aromatic carbocycles. The molecule has 1 aliphatic rings. The van der Waals surface area contributed by atoms with E-state index in [1.807, 2.05) is 24.3 Å². The van der Waals surface area contributed by atoms with Crippen molar-refractivity contribution in [3.63, 3.8) is 0 Å². The zero-order valence-electron chi connectivity index (χ0n) is 10.4. The third-order valence-electron chi connectivity index (χ3n) is 3.43. The van der Waals surface area contributed by atoms with Crippen LogP contribution in [-0.2, 0) is 11.3 Å². The van der Waals surface area contributed by atoms with E-state index < -0.39 is 0 Å². The van der Waals surface area contributed by atoms with E-state index in [1.165, 1.54) is 25.7 Å². The third kappa shape index (κ3) is 3.57. The van der Waals surface area contributed by atoms with Crippen LogP contribution in [0.1, 0.15) is 43.7 Å². The number of nitriles is 1. The largest absolute Gasteiger partial charge is 0.374 e. The predicted molar refractivity (Wildman–Crippen MR) is 67.4 cm³/mol. The Morgan fingerprint density at radius 3 is 3.06 bits per heavy atom. The van der Waals surface area contributed by atoms with Crippen LogP contribution in [0.2, 0.25) is 0 Å². The fourth-order valence-corrected chi connectivity index (χ4v) is 2.47. The molecule has 2 rings (SSSR count). The molecule has 2 heteroatoms. The minimum atomic E-state index is 0.407. The van der Waals surface area contributed by atoms with Crippen molar-refractivity contribution in [1.29, 1.82) is 5.26 Å². The molecule has 2 unspecified atom stereocenters. The molecule has 0 spiro atoms. The summed E-state index contributed by atoms with van der Waals surface area (Å²) in [6, 6.07) is 9.83. The molecule has 1 saturated carbocycles. The molecule has 17 heavy (non-hydrogen) atoms. The summed E-state index contributed by atoms with van der Waals surface area (Å²) in [5, 5.41) is 8.82. The van der Waals surface area contributed by atoms with Crippen molar-refractivity contribution in [3.05, 3.63) is 35.4 Å². The quantitative estimate of drug-likeness (QED) is 0.792. The van der Waals surface area contributed by atoms with Crippen molar-refractivity contribution >= 4 is 0 Å². The molecule has 0 bridgehead atoms. The van der Waals surface area contributed by atoms with Gasteiger partial charge in [-0.25, -0.2) is 0 Å². The number of nitrogens with zero attached hydrogens (tertiary/aromatic N) is 1. The normalized spacial score (nSPS) is 24.2. The highest BCUT2D eigenvalue weighted by atomic mass is 16.5. The van der Waals surface area contributed by atoms with E-state index in [1.54, 1.807) is 0 Å². The monoisotopic (exact) mass is 229 g/mol. The van der Waals surface area contributed by atoms with Crippen LogP contribution in [-0.4, -0.2) is 6.10 Å². The Hall–Kier alpha value is -1.33. The van der Waals surface area contributed by atoms with Gasteiger partial charge in [0, 0.05) is 0 Å². The molecule has 2 atom stereocenters. The van der Waals surface area contributed by atoms with E-state index in [0.29, 0.717) is 18.3 Å². The fraction of sp³-hybridized carbons (Fsp3) is 0.533. The Morgan fingerprint density at radius 1 is 1.41 bits per heavy atom. The van der Waals surface area contributed by atoms with E-state index in [0.717, 1.165) is 11.5 Å². The highest BCUT2D eigenvalue weighted by Gasteiger charge is 2.19. The molecule has 90 valence electrons. The van der Waals surface area contributed by atoms with Gasteiger partial charge < -0.3 is 4.74 Å². The SMILES string of the molecule is CC1CCCC(OCc2cccc(C#N)c2)C1. The van der Waals surface area contributed by atoms with E-state index in [4.69, 9.17) is 10.00 Å². The summed E-state index contributed by atoms with van der Waals surface area (Å²) in [5.74, 6) is 0.791. The Kier molecular flexibility index (Phi) is 4.17. The minimum Gasteiger partial charge on any atom is -0.374 e. The molecule has 1 fully saturated rings. The summed E-state index contributed by atoms with van der Waals surface area (Å²) >= 11 is 0. The first-order chi connectivity index (χ1) is 8.28. The zero-order chi connectivity index (χ0) is 12.1. The lowest BCUT2D eigenvalue weighted by Crippen LogP contribution is -2.21. The molecule has 0 amide bonds. The van der Waals surface area contributed by atoms with Crippen LogP contribution in [0.25, 0.3) is 0 Å². The van der Waals surface area contributed by atoms with Gasteiger partial charge in [0.25, 0.3) is 0 Å². The Bertz CT molecular complexity index is 408. The predicted octanol–water partition coefficient (Wildman–Crippen LogP) is 3.65. The second kappa shape index (κ2) is 5.84. The van der Waals surface area contributed by atoms with Crippen molar-refractivity contribution in [2.24, 2.45) is 5.92 Å². The Balaban J connectivity index is 1.87. The molecular weight excluding hydrogens is 210 g/mol. The van der Waals surface area contributed by atoms with Crippen LogP contribution in [0, 0.1) is 17.2 Å². The van der Waals surface area contributed by atoms with Crippen LogP contribution in [0.3, 0.4) is 0 Å². The molecular formula is C15H19NO. The van der Waals surface area contributed by atoms with Gasteiger partial charge >= 0.3 is 0 Å². The maximum absolute atomic E-state index is 8.82. The molecule has 2 nitrogen and oxygen atoms in total. The van der Waals surface area contributed by atoms with Gasteiger partial charge in [-0.3, -0.25) is 0 Å². The van der Waals surface area contributed by atoms with Crippen molar-refractivity contribution in [2.45, 2.75) is 45.3 Å². The standard InChI is InChI=1S/C15H19NO/c1-12-4-2-7-15(8-12)17-11-14-6-3-5-13(9-14)10-16/h3,5-6,9,12,15H,2,4,7-8,11H2,1H3. The van der Waals surface area contributed by atoms with E-state index in [-0.39, 0.29) is 0 Å². The van der Waals surface area contributed by atoms with E-state index >= 15 is 0 Å². The van der Waals surface area contributed by atoms with Gasteiger partial charge in [0.05, 0.1) is 24.3 Å². The average molecular weight is 229 g/mol. The van der Waals surface area contributed by atoms with Crippen LogP contribution >= 0.6 is 0 Å². The lowest BCUT2D eigenvalue weighted by Gasteiger charge is -2.26. The number of hydrogen-bond acceptors (Lipinski definition) is 2. The molecule has 1 aromatic rings. The van der Waals surface area contributed by atoms with Crippen LogP contribution in [0.5, 0.6) is 0 Å². The summed E-state index contributed by atoms with van der Waals surface area (Å²) in [7, 11) is 0. The highest BCUT2D eigenvalue weighted by Crippen LogP contribution is 2.26. The third-order valence-corrected chi connectivity index (χ3v) is 3.43. The second-order valence-corrected chi connectivity index (χ2v) is 5.02. The number of ether oxygens (including phenoxy) is 1. The van der Waals surface area contributed by atoms with Crippen molar-refractivity contribution < 1.29 is 4.74 Å². The highest BCUT2D eigenvalue weighted by molar-refractivity contribution is 5.32. The molecule has 0 aliphatic heterocycles. The van der Waals surface area contributed by atoms with Crippen LogP contribution in [0.15, 0.2) is 24.3 Å². The van der Waals surface area contributed by atoms with Gasteiger partial charge in [-0.15, -0.1) is 0 Å². The van der Waals surface area contributed by atoms with E-state index in [9.17, 15) is 0 Å². The minimum absolute atomic E-state index is 0.407. The number of hydrogen-bond donors (Lipinski definition) is 0. The summed E-state index contributed by atoms with van der Waals surface area (Å²) in [5.41, 5.74) is 1.81. The first kappa shape index (κ1) is 12.1. The van der Waals surface area contributed by atoms with Crippen LogP contribution < -0.4 is 0 Å². The Morgan fingerprint density at radius 2 is 2.29 bits per heavy atom. The molecule has 0 heterocycles. The molecule has 0 aromatic heterocycles. The van der Waals surface area contributed by atoms with E-state index in [2.05, 4.69) is 13.0 Å². The fourth-order valence-electron chi connectivity index (χ4n) is 2.47. The smallest absolute Gasteiger partial charge is 0.0991 e. The summed E-state index contributed by atoms with van der Waals surface area (Å²) in [6.07, 6.45) is 5.39. The van der Waals surface area contributed by atoms with Crippen molar-refractivity contribution in [2.75, 3.05) is 0 Å². The van der Waals surface area contributed by atoms with Gasteiger partial charge in [0.1, 0.15) is 0 Å². The van der Waals surface area contributed by atoms with Gasteiger partial charge in [-0.05, 0) is 36.5 Å². The second-order valence-electron chi connectivity index (χ2n) is 5.02. The van der Waals surface area contributed by atoms with Crippen LogP contribution in [0.4, 0.5) is 0 Å². The first-order valence-electron chi connectivity index (χ1n) is 6.38. The average Bonchev–Trinajstić information content (AvgIpc) is 2.37. The molecule has 1 aliphatic carbocycles. The topological polar surface area (TPSA) is 33.0 Å². The van der Waals surface area contributed by atoms with Crippen molar-refractivity contribution in [3.8, 4) is 6.07 Å². The number of benzene rings is 1. The maximum Gasteiger partial charge on any atom is 0.0991 e. The summed E-state index contributed by atoms with van der Waals surface area (Å²) in [4.78, 5) is 0. The lowest BCUT2D eigenvalue weighted by atomic mass is 9.89. The maximum atomic E-state index is 8.82. The molecule has 0 saturated heterocycles. The Labute approximate surface area is 103 Å². The van der Waals surface area contributed by atoms with Gasteiger partial charge in [0.15, 0.2) is 0 Å². The summed E-state index contributed by atoms with van der Waals surface area (Å²) in [6.45, 7) is 2.93. The van der Waals surface area contributed by atoms with Gasteiger partial charge in [0.2, 0.25) is 0 Å². The molecule has 0 N–H and O–H groups in total. The summed E-state index contributed by atoms with van der Waals surface area (Å²) < 4.78 is 5.93.